The molecule has 0 saturated heterocycles. The van der Waals surface area contributed by atoms with Crippen LogP contribution in [-0.2, 0) is 0 Å². The predicted molar refractivity (Wildman–Crippen MR) is 48.9 cm³/mol. The van der Waals surface area contributed by atoms with Crippen molar-refractivity contribution in [3.05, 3.63) is 29.0 Å². The molecule has 14 heavy (non-hydrogen) atoms. The first-order valence-corrected chi connectivity index (χ1v) is 4.09. The molecule has 0 unspecified atom stereocenters. The van der Waals surface area contributed by atoms with Crippen LogP contribution in [0.3, 0.4) is 0 Å². The van der Waals surface area contributed by atoms with Gasteiger partial charge in [-0.15, -0.1) is 5.10 Å². The fourth-order valence-electron chi connectivity index (χ4n) is 0.936. The highest BCUT2D eigenvalue weighted by atomic mass is 35.5. The summed E-state index contributed by atoms with van der Waals surface area (Å²) in [7, 11) is 0. The summed E-state index contributed by atoms with van der Waals surface area (Å²) in [5.74, 6) is -0.356. The largest absolute Gasteiger partial charge is 0.319 e. The highest BCUT2D eigenvalue weighted by Crippen LogP contribution is 2.23. The maximum absolute atomic E-state index is 13.3. The topological polar surface area (TPSA) is 66.5 Å². The van der Waals surface area contributed by atoms with E-state index in [0.717, 1.165) is 0 Å². The summed E-state index contributed by atoms with van der Waals surface area (Å²) >= 11 is 5.57. The van der Waals surface area contributed by atoms with Gasteiger partial charge in [0.25, 0.3) is 5.95 Å². The zero-order valence-electron chi connectivity index (χ0n) is 6.83. The van der Waals surface area contributed by atoms with Gasteiger partial charge in [-0.05, 0) is 17.3 Å². The first kappa shape index (κ1) is 8.89. The van der Waals surface area contributed by atoms with E-state index in [2.05, 4.69) is 25.9 Å². The van der Waals surface area contributed by atoms with E-state index in [-0.39, 0.29) is 16.7 Å². The van der Waals surface area contributed by atoms with E-state index < -0.39 is 5.82 Å². The Morgan fingerprint density at radius 2 is 2.29 bits per heavy atom. The molecule has 1 aromatic carbocycles. The van der Waals surface area contributed by atoms with E-state index in [9.17, 15) is 4.39 Å². The van der Waals surface area contributed by atoms with Crippen molar-refractivity contribution in [1.29, 1.82) is 0 Å². The maximum atomic E-state index is 13.3. The van der Waals surface area contributed by atoms with Gasteiger partial charge in [-0.1, -0.05) is 22.8 Å². The minimum absolute atomic E-state index is 0.0403. The number of hydrogen-bond donors (Lipinski definition) is 2. The molecule has 0 spiro atoms. The van der Waals surface area contributed by atoms with E-state index in [1.807, 2.05) is 0 Å². The number of nitrogens with zero attached hydrogens (tertiary/aromatic N) is 3. The van der Waals surface area contributed by atoms with Crippen LogP contribution in [0.5, 0.6) is 0 Å². The average molecular weight is 214 g/mol. The molecule has 0 aliphatic heterocycles. The molecule has 0 amide bonds. The van der Waals surface area contributed by atoms with Gasteiger partial charge in [-0.2, -0.15) is 5.21 Å². The van der Waals surface area contributed by atoms with E-state index in [1.165, 1.54) is 12.1 Å². The summed E-state index contributed by atoms with van der Waals surface area (Å²) in [5.41, 5.74) is 0.207. The Bertz CT molecular complexity index is 430. The van der Waals surface area contributed by atoms with Crippen molar-refractivity contribution in [3.8, 4) is 0 Å². The van der Waals surface area contributed by atoms with Crippen LogP contribution in [0.15, 0.2) is 18.2 Å². The normalized spacial score (nSPS) is 10.1. The SMILES string of the molecule is Fc1c(Cl)cccc1Nc1nn[nH]n1. The third-order valence-electron chi connectivity index (χ3n) is 1.54. The second-order valence-electron chi connectivity index (χ2n) is 2.46. The molecule has 0 aliphatic carbocycles. The van der Waals surface area contributed by atoms with E-state index in [0.29, 0.717) is 0 Å². The van der Waals surface area contributed by atoms with Crippen molar-refractivity contribution >= 4 is 23.2 Å². The summed E-state index contributed by atoms with van der Waals surface area (Å²) < 4.78 is 13.3. The number of halogens is 2. The Hall–Kier alpha value is -1.69. The third-order valence-corrected chi connectivity index (χ3v) is 1.84. The molecule has 0 fully saturated rings. The summed E-state index contributed by atoms with van der Waals surface area (Å²) in [6, 6.07) is 4.60. The van der Waals surface area contributed by atoms with Gasteiger partial charge in [-0.25, -0.2) is 4.39 Å². The smallest absolute Gasteiger partial charge is 0.267 e. The van der Waals surface area contributed by atoms with E-state index >= 15 is 0 Å². The zero-order valence-corrected chi connectivity index (χ0v) is 7.59. The second-order valence-corrected chi connectivity index (χ2v) is 2.87. The predicted octanol–water partition coefficient (Wildman–Crippen LogP) is 1.74. The molecule has 0 atom stereocenters. The lowest BCUT2D eigenvalue weighted by Crippen LogP contribution is -1.95. The van der Waals surface area contributed by atoms with Crippen LogP contribution in [0.2, 0.25) is 5.02 Å². The molecule has 0 saturated carbocycles. The van der Waals surface area contributed by atoms with Gasteiger partial charge in [0.05, 0.1) is 10.7 Å². The van der Waals surface area contributed by atoms with Crippen LogP contribution in [0, 0.1) is 5.82 Å². The molecule has 0 bridgehead atoms. The molecule has 2 rings (SSSR count). The van der Waals surface area contributed by atoms with Gasteiger partial charge in [0.15, 0.2) is 5.82 Å². The lowest BCUT2D eigenvalue weighted by atomic mass is 10.3. The molecule has 5 nitrogen and oxygen atoms in total. The zero-order chi connectivity index (χ0) is 9.97. The first-order chi connectivity index (χ1) is 6.77. The van der Waals surface area contributed by atoms with Crippen LogP contribution >= 0.6 is 11.6 Å². The summed E-state index contributed by atoms with van der Waals surface area (Å²) in [4.78, 5) is 0. The van der Waals surface area contributed by atoms with Gasteiger partial charge in [0, 0.05) is 0 Å². The van der Waals surface area contributed by atoms with Crippen LogP contribution in [0.1, 0.15) is 0 Å². The Balaban J connectivity index is 2.29. The number of hydrogen-bond acceptors (Lipinski definition) is 4. The lowest BCUT2D eigenvalue weighted by molar-refractivity contribution is 0.632. The molecular formula is C7H5ClFN5. The first-order valence-electron chi connectivity index (χ1n) is 3.72. The monoisotopic (exact) mass is 213 g/mol. The Kier molecular flexibility index (Phi) is 2.28. The van der Waals surface area contributed by atoms with Crippen molar-refractivity contribution in [1.82, 2.24) is 20.6 Å². The molecule has 72 valence electrons. The van der Waals surface area contributed by atoms with Crippen molar-refractivity contribution in [2.45, 2.75) is 0 Å². The van der Waals surface area contributed by atoms with Crippen molar-refractivity contribution in [3.63, 3.8) is 0 Å². The van der Waals surface area contributed by atoms with Crippen LogP contribution in [-0.4, -0.2) is 20.6 Å². The maximum Gasteiger partial charge on any atom is 0.267 e. The van der Waals surface area contributed by atoms with Gasteiger partial charge < -0.3 is 5.32 Å². The Morgan fingerprint density at radius 1 is 1.43 bits per heavy atom. The summed E-state index contributed by atoms with van der Waals surface area (Å²) in [6.45, 7) is 0. The van der Waals surface area contributed by atoms with Gasteiger partial charge >= 0.3 is 0 Å². The van der Waals surface area contributed by atoms with E-state index in [4.69, 9.17) is 11.6 Å². The number of nitrogens with one attached hydrogen (secondary N) is 2. The van der Waals surface area contributed by atoms with E-state index in [1.54, 1.807) is 6.07 Å². The lowest BCUT2D eigenvalue weighted by Gasteiger charge is -2.03. The number of aromatic amines is 1. The van der Waals surface area contributed by atoms with Crippen LogP contribution < -0.4 is 5.32 Å². The Labute approximate surface area is 83.3 Å². The fourth-order valence-corrected chi connectivity index (χ4v) is 1.11. The van der Waals surface area contributed by atoms with Gasteiger partial charge in [0.2, 0.25) is 0 Å². The third kappa shape index (κ3) is 1.64. The number of H-pyrrole nitrogens is 1. The quantitative estimate of drug-likeness (QED) is 0.798. The van der Waals surface area contributed by atoms with Crippen molar-refractivity contribution in [2.24, 2.45) is 0 Å². The molecule has 1 heterocycles. The van der Waals surface area contributed by atoms with Crippen molar-refractivity contribution in [2.75, 3.05) is 5.32 Å². The highest BCUT2D eigenvalue weighted by Gasteiger charge is 2.07. The highest BCUT2D eigenvalue weighted by molar-refractivity contribution is 6.31. The van der Waals surface area contributed by atoms with Gasteiger partial charge in [-0.3, -0.25) is 0 Å². The van der Waals surface area contributed by atoms with Crippen molar-refractivity contribution < 1.29 is 4.39 Å². The number of anilines is 2. The standard InChI is InChI=1S/C7H5ClFN5/c8-4-2-1-3-5(6(4)9)10-7-11-13-14-12-7/h1-3H,(H2,10,11,12,13,14). The number of aromatic nitrogens is 4. The summed E-state index contributed by atoms with van der Waals surface area (Å²) in [5, 5.41) is 15.4. The number of rotatable bonds is 2. The molecule has 0 radical (unpaired) electrons. The minimum atomic E-state index is -0.543. The second kappa shape index (κ2) is 3.59. The molecule has 7 heteroatoms. The molecule has 2 aromatic rings. The van der Waals surface area contributed by atoms with Crippen LogP contribution in [0.4, 0.5) is 16.0 Å². The number of tetrazole rings is 1. The molecule has 1 aromatic heterocycles. The van der Waals surface area contributed by atoms with Gasteiger partial charge in [0.1, 0.15) is 0 Å². The molecule has 0 aliphatic rings. The average Bonchev–Trinajstić information content (AvgIpc) is 2.66. The molecular weight excluding hydrogens is 209 g/mol. The summed E-state index contributed by atoms with van der Waals surface area (Å²) in [6.07, 6.45) is 0. The fraction of sp³-hybridized carbons (Fsp3) is 0. The number of benzene rings is 1. The minimum Gasteiger partial charge on any atom is -0.319 e. The van der Waals surface area contributed by atoms with Crippen LogP contribution in [0.25, 0.3) is 0 Å². The molecule has 2 N–H and O–H groups in total. The Morgan fingerprint density at radius 3 is 3.00 bits per heavy atom.